The first-order valence-corrected chi connectivity index (χ1v) is 18.1. The van der Waals surface area contributed by atoms with E-state index >= 15 is 0 Å². The molecule has 0 amide bonds. The van der Waals surface area contributed by atoms with E-state index < -0.39 is 137 Å². The molecule has 0 saturated heterocycles. The van der Waals surface area contributed by atoms with Crippen molar-refractivity contribution in [2.24, 2.45) is 0 Å². The summed E-state index contributed by atoms with van der Waals surface area (Å²) in [5, 5.41) is 47.8. The number of aromatic nitrogens is 2. The van der Waals surface area contributed by atoms with Gasteiger partial charge < -0.3 is 0 Å². The van der Waals surface area contributed by atoms with Gasteiger partial charge >= 0.3 is 0 Å². The Morgan fingerprint density at radius 2 is 0.776 bits per heavy atom. The molecule has 0 N–H and O–H groups in total. The number of fused-ring (bicyclic) bond motifs is 7. The monoisotopic (exact) mass is 840 g/mol. The van der Waals surface area contributed by atoms with Gasteiger partial charge in [0.1, 0.15) is 56.6 Å². The Kier molecular flexibility index (Phi) is 8.77. The third-order valence-electron chi connectivity index (χ3n) is 8.95. The lowest BCUT2D eigenvalue weighted by atomic mass is 9.94. The van der Waals surface area contributed by atoms with Gasteiger partial charge in [-0.05, 0) is 41.0 Å². The predicted octanol–water partition coefficient (Wildman–Crippen LogP) is 7.19. The zero-order valence-electron chi connectivity index (χ0n) is 27.4. The molecule has 22 heteroatoms. The third kappa shape index (κ3) is 5.05. The molecule has 58 heavy (non-hydrogen) atoms. The van der Waals surface area contributed by atoms with Gasteiger partial charge in [0.15, 0.2) is 46.5 Å². The summed E-state index contributed by atoms with van der Waals surface area (Å²) in [4.78, 5) is -6.76. The number of nitriles is 4. The summed E-state index contributed by atoms with van der Waals surface area (Å²) in [7, 11) is -11.3. The predicted molar refractivity (Wildman–Crippen MR) is 171 cm³/mol. The molecule has 2 aliphatic rings. The molecule has 1 heterocycles. The summed E-state index contributed by atoms with van der Waals surface area (Å²) in [6.07, 6.45) is 0. The molecule has 0 fully saturated rings. The lowest BCUT2D eigenvalue weighted by Gasteiger charge is -2.12. The Balaban J connectivity index is 1.52. The summed E-state index contributed by atoms with van der Waals surface area (Å²) < 4.78 is 197. The highest BCUT2D eigenvalue weighted by Crippen LogP contribution is 2.55. The van der Waals surface area contributed by atoms with Crippen molar-refractivity contribution in [1.82, 2.24) is 10.2 Å². The van der Waals surface area contributed by atoms with E-state index in [1.54, 1.807) is 12.1 Å². The van der Waals surface area contributed by atoms with Crippen LogP contribution in [0.5, 0.6) is 0 Å². The number of benzene rings is 4. The maximum absolute atomic E-state index is 14.7. The Morgan fingerprint density at radius 3 is 1.19 bits per heavy atom. The van der Waals surface area contributed by atoms with Crippen molar-refractivity contribution in [2.75, 3.05) is 0 Å². The molecule has 10 nitrogen and oxygen atoms in total. The van der Waals surface area contributed by atoms with Crippen LogP contribution in [0.25, 0.3) is 33.5 Å². The van der Waals surface area contributed by atoms with Crippen molar-refractivity contribution in [3.63, 3.8) is 0 Å². The van der Waals surface area contributed by atoms with E-state index in [0.717, 1.165) is 12.1 Å². The Bertz CT molecular complexity index is 3230. The zero-order valence-corrected chi connectivity index (χ0v) is 29.0. The fourth-order valence-electron chi connectivity index (χ4n) is 6.45. The van der Waals surface area contributed by atoms with E-state index in [4.69, 9.17) is 0 Å². The highest BCUT2D eigenvalue weighted by Gasteiger charge is 2.42. The highest BCUT2D eigenvalue weighted by molar-refractivity contribution is 7.91. The molecule has 7 rings (SSSR count). The maximum atomic E-state index is 14.7. The highest BCUT2D eigenvalue weighted by atomic mass is 32.2. The molecule has 0 unspecified atom stereocenters. The summed E-state index contributed by atoms with van der Waals surface area (Å²) >= 11 is 0. The molecular weight excluding hydrogens is 835 g/mol. The third-order valence-corrected chi connectivity index (χ3v) is 12.5. The minimum absolute atomic E-state index is 0.162. The summed E-state index contributed by atoms with van der Waals surface area (Å²) in [5.41, 5.74) is -5.23. The van der Waals surface area contributed by atoms with Crippen molar-refractivity contribution in [3.8, 4) is 46.7 Å². The van der Waals surface area contributed by atoms with Crippen LogP contribution in [-0.2, 0) is 19.7 Å². The number of sulfone groups is 2. The second kappa shape index (κ2) is 13.1. The summed E-state index contributed by atoms with van der Waals surface area (Å²) in [6.45, 7) is 0. The van der Waals surface area contributed by atoms with Crippen molar-refractivity contribution in [2.45, 2.75) is 19.6 Å². The van der Waals surface area contributed by atoms with Crippen molar-refractivity contribution in [3.05, 3.63) is 128 Å². The quantitative estimate of drug-likeness (QED) is 0.0577. The molecular formula is C36H6F10N6O4S2. The molecule has 2 aliphatic carbocycles. The number of nitrogens with zero attached hydrogens (tertiary/aromatic N) is 6. The second-order valence-corrected chi connectivity index (χ2v) is 15.6. The van der Waals surface area contributed by atoms with E-state index in [2.05, 4.69) is 10.2 Å². The largest absolute Gasteiger partial charge is 0.218 e. The molecule has 0 radical (unpaired) electrons. The summed E-state index contributed by atoms with van der Waals surface area (Å²) in [6, 6.07) is 10.4. The van der Waals surface area contributed by atoms with Crippen LogP contribution in [-0.4, -0.2) is 27.0 Å². The SMILES string of the molecule is N#CC(C#N)=C1c2cc(S(=O)(=O)c3c(F)c(F)c(F)c(F)c3F)ccc2-c2c1nnc1c2C(=C(C#N)C#N)c2cc(S(=O)(=O)c3c(F)c(F)c(F)c(F)c3F)ccc2-1. The van der Waals surface area contributed by atoms with Crippen LogP contribution >= 0.6 is 0 Å². The number of allylic oxidation sites excluding steroid dienone is 2. The molecule has 0 bridgehead atoms. The van der Waals surface area contributed by atoms with Gasteiger partial charge in [-0.3, -0.25) is 0 Å². The maximum Gasteiger partial charge on any atom is 0.212 e. The number of hydrogen-bond donors (Lipinski definition) is 0. The van der Waals surface area contributed by atoms with Gasteiger partial charge in [0.25, 0.3) is 0 Å². The number of halogens is 10. The van der Waals surface area contributed by atoms with Gasteiger partial charge in [-0.2, -0.15) is 21.0 Å². The summed E-state index contributed by atoms with van der Waals surface area (Å²) in [5.74, 6) is -26.5. The van der Waals surface area contributed by atoms with E-state index in [1.165, 1.54) is 12.1 Å². The molecule has 0 spiro atoms. The van der Waals surface area contributed by atoms with Gasteiger partial charge in [0, 0.05) is 27.8 Å². The van der Waals surface area contributed by atoms with E-state index in [0.29, 0.717) is 24.3 Å². The van der Waals surface area contributed by atoms with Crippen LogP contribution in [0.15, 0.2) is 67.1 Å². The van der Waals surface area contributed by atoms with Crippen molar-refractivity contribution in [1.29, 1.82) is 21.0 Å². The Hall–Kier alpha value is -7.40. The average molecular weight is 841 g/mol. The van der Waals surface area contributed by atoms with Crippen LogP contribution in [0.4, 0.5) is 43.9 Å². The van der Waals surface area contributed by atoms with Crippen molar-refractivity contribution >= 4 is 30.8 Å². The smallest absolute Gasteiger partial charge is 0.212 e. The van der Waals surface area contributed by atoms with Crippen molar-refractivity contribution < 1.29 is 60.7 Å². The molecule has 0 atom stereocenters. The number of hydrogen-bond acceptors (Lipinski definition) is 10. The van der Waals surface area contributed by atoms with Crippen LogP contribution in [0.3, 0.4) is 0 Å². The standard InChI is InChI=1S/C36H6F10N6O4S2/c37-23-25(39)29(43)35(30(44)26(23)40)57(53,54)13-1-3-15-17(5-13)20(12(9-49)10-50)34-21(15)22-19(11(7-47)8-48)18-6-14(2-4-16(18)33(22)51-52-34)58(55,56)36-31(45)27(41)24(38)28(42)32(36)46/h1-6H. The average Bonchev–Trinajstić information content (AvgIpc) is 3.71. The molecule has 5 aromatic rings. The van der Waals surface area contributed by atoms with E-state index in [-0.39, 0.29) is 27.9 Å². The van der Waals surface area contributed by atoms with Crippen LogP contribution in [0.2, 0.25) is 0 Å². The van der Waals surface area contributed by atoms with Gasteiger partial charge in [-0.15, -0.1) is 10.2 Å². The van der Waals surface area contributed by atoms with Crippen LogP contribution in [0, 0.1) is 103 Å². The topological polar surface area (TPSA) is 189 Å². The Morgan fingerprint density at radius 1 is 0.431 bits per heavy atom. The molecule has 4 aromatic carbocycles. The van der Waals surface area contributed by atoms with Crippen LogP contribution in [0.1, 0.15) is 22.4 Å². The molecule has 286 valence electrons. The van der Waals surface area contributed by atoms with Crippen LogP contribution < -0.4 is 0 Å². The number of rotatable bonds is 4. The Labute approximate surface area is 316 Å². The van der Waals surface area contributed by atoms with E-state index in [9.17, 15) is 81.8 Å². The normalized spacial score (nSPS) is 12.4. The van der Waals surface area contributed by atoms with Gasteiger partial charge in [0.05, 0.1) is 9.79 Å². The first kappa shape index (κ1) is 38.9. The van der Waals surface area contributed by atoms with Gasteiger partial charge in [-0.25, -0.2) is 60.7 Å². The lowest BCUT2D eigenvalue weighted by molar-refractivity contribution is 0.357. The molecule has 0 aliphatic heterocycles. The van der Waals surface area contributed by atoms with Gasteiger partial charge in [0.2, 0.25) is 31.3 Å². The fraction of sp³-hybridized carbons (Fsp3) is 0. The molecule has 1 aromatic heterocycles. The second-order valence-electron chi connectivity index (χ2n) is 11.8. The fourth-order valence-corrected chi connectivity index (χ4v) is 9.26. The minimum Gasteiger partial charge on any atom is -0.218 e. The lowest BCUT2D eigenvalue weighted by Crippen LogP contribution is -2.13. The minimum atomic E-state index is -5.67. The molecule has 0 saturated carbocycles. The van der Waals surface area contributed by atoms with Gasteiger partial charge in [-0.1, -0.05) is 12.1 Å². The van der Waals surface area contributed by atoms with E-state index in [1.807, 2.05) is 0 Å². The first-order chi connectivity index (χ1) is 27.3. The zero-order chi connectivity index (χ0) is 42.5. The first-order valence-electron chi connectivity index (χ1n) is 15.1.